The van der Waals surface area contributed by atoms with Gasteiger partial charge in [-0.15, -0.1) is 0 Å². The third-order valence-corrected chi connectivity index (χ3v) is 3.52. The number of hydrazone groups is 1. The summed E-state index contributed by atoms with van der Waals surface area (Å²) in [7, 11) is 0. The van der Waals surface area contributed by atoms with Gasteiger partial charge in [0, 0.05) is 17.8 Å². The van der Waals surface area contributed by atoms with Crippen molar-refractivity contribution in [3.8, 4) is 11.6 Å². The van der Waals surface area contributed by atoms with Gasteiger partial charge >= 0.3 is 0 Å². The minimum atomic E-state index is 0.0846. The van der Waals surface area contributed by atoms with E-state index in [1.165, 1.54) is 0 Å². The maximum atomic E-state index is 5.55. The molecule has 0 radical (unpaired) electrons. The van der Waals surface area contributed by atoms with Gasteiger partial charge in [0.1, 0.15) is 19.0 Å². The zero-order chi connectivity index (χ0) is 19.5. The second kappa shape index (κ2) is 10.6. The Kier molecular flexibility index (Phi) is 7.90. The Hall–Kier alpha value is -3.29. The first-order chi connectivity index (χ1) is 13.1. The van der Waals surface area contributed by atoms with Gasteiger partial charge in [-0.2, -0.15) is 5.10 Å². The van der Waals surface area contributed by atoms with E-state index in [4.69, 9.17) is 25.9 Å². The van der Waals surface area contributed by atoms with Crippen molar-refractivity contribution in [3.05, 3.63) is 53.7 Å². The molecule has 0 amide bonds. The molecule has 144 valence electrons. The fourth-order valence-electron chi connectivity index (χ4n) is 2.02. The van der Waals surface area contributed by atoms with Gasteiger partial charge in [0.2, 0.25) is 5.88 Å². The van der Waals surface area contributed by atoms with Gasteiger partial charge in [0.15, 0.2) is 5.84 Å². The molecule has 0 fully saturated rings. The van der Waals surface area contributed by atoms with Gasteiger partial charge in [-0.3, -0.25) is 0 Å². The number of nitrogens with two attached hydrogens (primary N) is 2. The van der Waals surface area contributed by atoms with Crippen LogP contribution in [0.25, 0.3) is 0 Å². The number of aromatic nitrogens is 1. The van der Waals surface area contributed by atoms with Gasteiger partial charge < -0.3 is 25.9 Å². The fraction of sp³-hybridized carbons (Fsp3) is 0.316. The number of oxime groups is 1. The molecule has 1 heterocycles. The normalized spacial score (nSPS) is 11.9. The number of pyridine rings is 1. The van der Waals surface area contributed by atoms with Crippen molar-refractivity contribution in [1.82, 2.24) is 4.98 Å². The second-order valence-electron chi connectivity index (χ2n) is 5.74. The van der Waals surface area contributed by atoms with Crippen molar-refractivity contribution in [3.63, 3.8) is 0 Å². The second-order valence-corrected chi connectivity index (χ2v) is 5.74. The standard InChI is InChI=1S/C19H25N5O3/c1-3-10-25-17-7-4-15(5-8-17)12-27-24-14(2)16-6-9-19(22-11-16)26-13-18(20)23-21/h4-9,11H,3,10,12-13,21H2,1-2H3,(H2,20,23)/b24-14+. The molecule has 1 aromatic carbocycles. The number of benzene rings is 1. The van der Waals surface area contributed by atoms with Gasteiger partial charge in [0.05, 0.1) is 12.3 Å². The van der Waals surface area contributed by atoms with Crippen LogP contribution < -0.4 is 21.1 Å². The summed E-state index contributed by atoms with van der Waals surface area (Å²) >= 11 is 0. The molecular formula is C19H25N5O3. The average molecular weight is 371 g/mol. The van der Waals surface area contributed by atoms with E-state index in [9.17, 15) is 0 Å². The van der Waals surface area contributed by atoms with E-state index in [0.29, 0.717) is 24.8 Å². The number of amidine groups is 1. The van der Waals surface area contributed by atoms with Crippen LogP contribution in [0.4, 0.5) is 0 Å². The zero-order valence-corrected chi connectivity index (χ0v) is 15.6. The topological polar surface area (TPSA) is 117 Å². The number of rotatable bonds is 10. The molecule has 0 atom stereocenters. The Labute approximate surface area is 158 Å². The molecule has 1 aromatic heterocycles. The number of nitrogens with zero attached hydrogens (tertiary/aromatic N) is 3. The molecular weight excluding hydrogens is 346 g/mol. The molecule has 0 aliphatic heterocycles. The van der Waals surface area contributed by atoms with Crippen LogP contribution in [0.15, 0.2) is 52.9 Å². The highest BCUT2D eigenvalue weighted by Crippen LogP contribution is 2.14. The van der Waals surface area contributed by atoms with Gasteiger partial charge in [-0.1, -0.05) is 24.2 Å². The predicted molar refractivity (Wildman–Crippen MR) is 105 cm³/mol. The molecule has 0 saturated carbocycles. The van der Waals surface area contributed by atoms with E-state index in [0.717, 1.165) is 23.3 Å². The quantitative estimate of drug-likeness (QED) is 0.287. The first kappa shape index (κ1) is 20.0. The van der Waals surface area contributed by atoms with Crippen LogP contribution in [-0.2, 0) is 11.4 Å². The van der Waals surface area contributed by atoms with E-state index in [-0.39, 0.29) is 12.4 Å². The van der Waals surface area contributed by atoms with Crippen molar-refractivity contribution >= 4 is 11.5 Å². The van der Waals surface area contributed by atoms with Crippen molar-refractivity contribution in [1.29, 1.82) is 0 Å². The monoisotopic (exact) mass is 371 g/mol. The van der Waals surface area contributed by atoms with Gasteiger partial charge in [0.25, 0.3) is 0 Å². The van der Waals surface area contributed by atoms with Crippen LogP contribution in [0.1, 0.15) is 31.4 Å². The lowest BCUT2D eigenvalue weighted by Crippen LogP contribution is -2.22. The highest BCUT2D eigenvalue weighted by atomic mass is 16.6. The summed E-state index contributed by atoms with van der Waals surface area (Å²) in [6, 6.07) is 11.3. The van der Waals surface area contributed by atoms with Gasteiger partial charge in [-0.05, 0) is 37.1 Å². The molecule has 4 N–H and O–H groups in total. The highest BCUT2D eigenvalue weighted by Gasteiger charge is 2.02. The third-order valence-electron chi connectivity index (χ3n) is 3.52. The van der Waals surface area contributed by atoms with E-state index in [1.54, 1.807) is 12.3 Å². The van der Waals surface area contributed by atoms with E-state index >= 15 is 0 Å². The molecule has 2 aromatic rings. The summed E-state index contributed by atoms with van der Waals surface area (Å²) in [6.07, 6.45) is 2.63. The largest absolute Gasteiger partial charge is 0.494 e. The van der Waals surface area contributed by atoms with E-state index in [1.807, 2.05) is 37.3 Å². The summed E-state index contributed by atoms with van der Waals surface area (Å²) in [6.45, 7) is 5.09. The summed E-state index contributed by atoms with van der Waals surface area (Å²) in [4.78, 5) is 9.61. The SMILES string of the molecule is CCCOc1ccc(CO/N=C(\C)c2ccc(OC/C(N)=N/N)nc2)cc1. The van der Waals surface area contributed by atoms with Crippen molar-refractivity contribution < 1.29 is 14.3 Å². The molecule has 0 bridgehead atoms. The highest BCUT2D eigenvalue weighted by molar-refractivity contribution is 5.98. The summed E-state index contributed by atoms with van der Waals surface area (Å²) < 4.78 is 10.9. The smallest absolute Gasteiger partial charge is 0.213 e. The lowest BCUT2D eigenvalue weighted by atomic mass is 10.2. The molecule has 0 unspecified atom stereocenters. The van der Waals surface area contributed by atoms with E-state index in [2.05, 4.69) is 22.2 Å². The molecule has 0 aliphatic rings. The van der Waals surface area contributed by atoms with Crippen LogP contribution in [0, 0.1) is 0 Å². The summed E-state index contributed by atoms with van der Waals surface area (Å²) in [5, 5.41) is 7.45. The van der Waals surface area contributed by atoms with Crippen LogP contribution in [0.5, 0.6) is 11.6 Å². The van der Waals surface area contributed by atoms with Crippen molar-refractivity contribution in [2.75, 3.05) is 13.2 Å². The molecule has 2 rings (SSSR count). The van der Waals surface area contributed by atoms with Crippen LogP contribution >= 0.6 is 0 Å². The first-order valence-electron chi connectivity index (χ1n) is 8.62. The fourth-order valence-corrected chi connectivity index (χ4v) is 2.02. The number of hydrogen-bond acceptors (Lipinski definition) is 7. The number of ether oxygens (including phenoxy) is 2. The van der Waals surface area contributed by atoms with Crippen LogP contribution in [-0.4, -0.2) is 29.7 Å². The molecule has 0 aliphatic carbocycles. The first-order valence-corrected chi connectivity index (χ1v) is 8.62. The predicted octanol–water partition coefficient (Wildman–Crippen LogP) is 2.42. The molecule has 0 saturated heterocycles. The Morgan fingerprint density at radius 1 is 1.11 bits per heavy atom. The maximum absolute atomic E-state index is 5.55. The number of hydrogen-bond donors (Lipinski definition) is 2. The van der Waals surface area contributed by atoms with Crippen molar-refractivity contribution in [2.24, 2.45) is 21.8 Å². The maximum Gasteiger partial charge on any atom is 0.213 e. The zero-order valence-electron chi connectivity index (χ0n) is 15.6. The Balaban J connectivity index is 1.84. The average Bonchev–Trinajstić information content (AvgIpc) is 2.71. The minimum Gasteiger partial charge on any atom is -0.494 e. The van der Waals surface area contributed by atoms with Crippen LogP contribution in [0.2, 0.25) is 0 Å². The Bertz CT molecular complexity index is 758. The van der Waals surface area contributed by atoms with Crippen molar-refractivity contribution in [2.45, 2.75) is 26.9 Å². The molecule has 0 spiro atoms. The van der Waals surface area contributed by atoms with Crippen LogP contribution in [0.3, 0.4) is 0 Å². The summed E-state index contributed by atoms with van der Waals surface area (Å²) in [5.74, 6) is 6.51. The van der Waals surface area contributed by atoms with Gasteiger partial charge in [-0.25, -0.2) is 4.98 Å². The Morgan fingerprint density at radius 3 is 2.52 bits per heavy atom. The summed E-state index contributed by atoms with van der Waals surface area (Å²) in [5.41, 5.74) is 8.01. The van der Waals surface area contributed by atoms with E-state index < -0.39 is 0 Å². The molecule has 8 nitrogen and oxygen atoms in total. The lowest BCUT2D eigenvalue weighted by molar-refractivity contribution is 0.130. The third kappa shape index (κ3) is 6.85. The Morgan fingerprint density at radius 2 is 1.89 bits per heavy atom. The molecule has 27 heavy (non-hydrogen) atoms. The molecule has 8 heteroatoms. The minimum absolute atomic E-state index is 0.0846. The lowest BCUT2D eigenvalue weighted by Gasteiger charge is -2.07.